The zero-order valence-electron chi connectivity index (χ0n) is 13.6. The number of carbonyl (C=O) groups excluding carboxylic acids is 2. The summed E-state index contributed by atoms with van der Waals surface area (Å²) in [5, 5.41) is 2.99. The summed E-state index contributed by atoms with van der Waals surface area (Å²) in [6.45, 7) is 3.99. The molecule has 0 unspecified atom stereocenters. The second-order valence-electron chi connectivity index (χ2n) is 6.46. The summed E-state index contributed by atoms with van der Waals surface area (Å²) in [7, 11) is 0. The van der Waals surface area contributed by atoms with Crippen molar-refractivity contribution in [2.75, 3.05) is 31.5 Å². The smallest absolute Gasteiger partial charge is 0.244 e. The van der Waals surface area contributed by atoms with Crippen LogP contribution < -0.4 is 5.32 Å². The normalized spacial score (nSPS) is 19.1. The van der Waals surface area contributed by atoms with E-state index in [1.54, 1.807) is 4.90 Å². The van der Waals surface area contributed by atoms with Crippen LogP contribution in [0.3, 0.4) is 0 Å². The van der Waals surface area contributed by atoms with Gasteiger partial charge in [0, 0.05) is 25.2 Å². The third-order valence-electron chi connectivity index (χ3n) is 4.64. The molecule has 23 heavy (non-hydrogen) atoms. The zero-order valence-corrected chi connectivity index (χ0v) is 13.6. The van der Waals surface area contributed by atoms with Crippen molar-refractivity contribution in [3.05, 3.63) is 29.8 Å². The fourth-order valence-corrected chi connectivity index (χ4v) is 3.35. The van der Waals surface area contributed by atoms with Gasteiger partial charge in [-0.1, -0.05) is 18.2 Å². The standard InChI is InChI=1S/C18H25N3O2/c22-17(14-21-12-4-3-9-18(21)23)19-16-8-2-1-7-15(16)13-20-10-5-6-11-20/h1-2,7-8H,3-6,9-14H2,(H,19,22). The molecule has 124 valence electrons. The molecule has 1 aromatic rings. The van der Waals surface area contributed by atoms with Crippen LogP contribution in [-0.4, -0.2) is 47.8 Å². The van der Waals surface area contributed by atoms with Gasteiger partial charge in [-0.3, -0.25) is 14.5 Å². The summed E-state index contributed by atoms with van der Waals surface area (Å²) in [5.41, 5.74) is 2.02. The monoisotopic (exact) mass is 315 g/mol. The Hall–Kier alpha value is -1.88. The number of benzene rings is 1. The number of anilines is 1. The van der Waals surface area contributed by atoms with Crippen molar-refractivity contribution < 1.29 is 9.59 Å². The van der Waals surface area contributed by atoms with E-state index in [2.05, 4.69) is 16.3 Å². The Morgan fingerprint density at radius 3 is 2.57 bits per heavy atom. The van der Waals surface area contributed by atoms with Crippen LogP contribution in [0.25, 0.3) is 0 Å². The minimum atomic E-state index is -0.103. The van der Waals surface area contributed by atoms with Crippen LogP contribution >= 0.6 is 0 Å². The van der Waals surface area contributed by atoms with Crippen molar-refractivity contribution in [3.8, 4) is 0 Å². The molecule has 1 N–H and O–H groups in total. The second-order valence-corrected chi connectivity index (χ2v) is 6.46. The molecule has 2 amide bonds. The maximum atomic E-state index is 12.3. The van der Waals surface area contributed by atoms with Crippen LogP contribution in [0, 0.1) is 0 Å². The van der Waals surface area contributed by atoms with Gasteiger partial charge < -0.3 is 10.2 Å². The summed E-state index contributed by atoms with van der Waals surface area (Å²) in [6.07, 6.45) is 5.01. The number of para-hydroxylation sites is 1. The van der Waals surface area contributed by atoms with Gasteiger partial charge in [0.05, 0.1) is 6.54 Å². The van der Waals surface area contributed by atoms with Crippen molar-refractivity contribution in [1.29, 1.82) is 0 Å². The van der Waals surface area contributed by atoms with Gasteiger partial charge in [-0.05, 0) is 50.4 Å². The van der Waals surface area contributed by atoms with Crippen molar-refractivity contribution in [2.24, 2.45) is 0 Å². The Morgan fingerprint density at radius 1 is 1.04 bits per heavy atom. The highest BCUT2D eigenvalue weighted by Gasteiger charge is 2.21. The average molecular weight is 315 g/mol. The van der Waals surface area contributed by atoms with Crippen LogP contribution in [0.1, 0.15) is 37.7 Å². The fraction of sp³-hybridized carbons (Fsp3) is 0.556. The van der Waals surface area contributed by atoms with Gasteiger partial charge in [0.2, 0.25) is 11.8 Å². The maximum absolute atomic E-state index is 12.3. The predicted molar refractivity (Wildman–Crippen MR) is 90.0 cm³/mol. The number of carbonyl (C=O) groups is 2. The highest BCUT2D eigenvalue weighted by atomic mass is 16.2. The Bertz CT molecular complexity index is 567. The highest BCUT2D eigenvalue weighted by Crippen LogP contribution is 2.20. The van der Waals surface area contributed by atoms with Gasteiger partial charge in [-0.2, -0.15) is 0 Å². The van der Waals surface area contributed by atoms with Crippen LogP contribution in [0.5, 0.6) is 0 Å². The molecule has 2 aliphatic heterocycles. The molecule has 5 heteroatoms. The number of amides is 2. The lowest BCUT2D eigenvalue weighted by Crippen LogP contribution is -2.40. The Labute approximate surface area is 137 Å². The maximum Gasteiger partial charge on any atom is 0.244 e. The highest BCUT2D eigenvalue weighted by molar-refractivity contribution is 5.95. The van der Waals surface area contributed by atoms with Crippen LogP contribution in [0.2, 0.25) is 0 Å². The minimum Gasteiger partial charge on any atom is -0.333 e. The molecule has 3 rings (SSSR count). The number of piperidine rings is 1. The third-order valence-corrected chi connectivity index (χ3v) is 4.64. The molecule has 0 aromatic heterocycles. The molecule has 1 aromatic carbocycles. The van der Waals surface area contributed by atoms with E-state index >= 15 is 0 Å². The van der Waals surface area contributed by atoms with Crippen molar-refractivity contribution in [3.63, 3.8) is 0 Å². The van der Waals surface area contributed by atoms with Crippen LogP contribution in [0.4, 0.5) is 5.69 Å². The van der Waals surface area contributed by atoms with Crippen molar-refractivity contribution in [2.45, 2.75) is 38.6 Å². The SMILES string of the molecule is O=C(CN1CCCCC1=O)Nc1ccccc1CN1CCCC1. The molecule has 2 fully saturated rings. The van der Waals surface area contributed by atoms with Gasteiger partial charge >= 0.3 is 0 Å². The van der Waals surface area contributed by atoms with E-state index in [1.165, 1.54) is 12.8 Å². The lowest BCUT2D eigenvalue weighted by Gasteiger charge is -2.26. The molecule has 2 heterocycles. The lowest BCUT2D eigenvalue weighted by molar-refractivity contribution is -0.136. The molecule has 0 aliphatic carbocycles. The van der Waals surface area contributed by atoms with Gasteiger partial charge in [0.25, 0.3) is 0 Å². The van der Waals surface area contributed by atoms with E-state index in [0.717, 1.165) is 43.7 Å². The van der Waals surface area contributed by atoms with Gasteiger partial charge in [0.1, 0.15) is 0 Å². The molecule has 0 bridgehead atoms. The number of hydrogen-bond acceptors (Lipinski definition) is 3. The number of nitrogens with one attached hydrogen (secondary N) is 1. The van der Waals surface area contributed by atoms with E-state index < -0.39 is 0 Å². The summed E-state index contributed by atoms with van der Waals surface area (Å²) >= 11 is 0. The Kier molecular flexibility index (Phi) is 5.28. The second kappa shape index (κ2) is 7.59. The topological polar surface area (TPSA) is 52.7 Å². The number of rotatable bonds is 5. The summed E-state index contributed by atoms with van der Waals surface area (Å²) in [5.74, 6) is -0.00845. The van der Waals surface area contributed by atoms with Crippen LogP contribution in [-0.2, 0) is 16.1 Å². The van der Waals surface area contributed by atoms with Crippen molar-refractivity contribution in [1.82, 2.24) is 9.80 Å². The summed E-state index contributed by atoms with van der Waals surface area (Å²) in [6, 6.07) is 7.96. The summed E-state index contributed by atoms with van der Waals surface area (Å²) in [4.78, 5) is 28.2. The molecule has 0 atom stereocenters. The molecule has 0 spiro atoms. The van der Waals surface area contributed by atoms with Gasteiger partial charge in [-0.25, -0.2) is 0 Å². The predicted octanol–water partition coefficient (Wildman–Crippen LogP) is 2.23. The molecule has 5 nitrogen and oxygen atoms in total. The van der Waals surface area contributed by atoms with E-state index in [1.807, 2.05) is 18.2 Å². The molecule has 0 radical (unpaired) electrons. The molecule has 2 aliphatic rings. The van der Waals surface area contributed by atoms with E-state index in [4.69, 9.17) is 0 Å². The number of hydrogen-bond donors (Lipinski definition) is 1. The first kappa shape index (κ1) is 16.0. The van der Waals surface area contributed by atoms with E-state index in [0.29, 0.717) is 13.0 Å². The third kappa shape index (κ3) is 4.32. The number of likely N-dealkylation sites (tertiary alicyclic amines) is 2. The van der Waals surface area contributed by atoms with Crippen LogP contribution in [0.15, 0.2) is 24.3 Å². The number of nitrogens with zero attached hydrogens (tertiary/aromatic N) is 2. The Morgan fingerprint density at radius 2 is 1.78 bits per heavy atom. The first-order valence-corrected chi connectivity index (χ1v) is 8.60. The quantitative estimate of drug-likeness (QED) is 0.906. The average Bonchev–Trinajstić information content (AvgIpc) is 3.05. The molecule has 0 saturated carbocycles. The largest absolute Gasteiger partial charge is 0.333 e. The molecular weight excluding hydrogens is 290 g/mol. The van der Waals surface area contributed by atoms with Gasteiger partial charge in [0.15, 0.2) is 0 Å². The first-order chi connectivity index (χ1) is 11.2. The molecule has 2 saturated heterocycles. The van der Waals surface area contributed by atoms with Crippen molar-refractivity contribution >= 4 is 17.5 Å². The first-order valence-electron chi connectivity index (χ1n) is 8.60. The van der Waals surface area contributed by atoms with Gasteiger partial charge in [-0.15, -0.1) is 0 Å². The van der Waals surface area contributed by atoms with E-state index in [-0.39, 0.29) is 18.4 Å². The fourth-order valence-electron chi connectivity index (χ4n) is 3.35. The summed E-state index contributed by atoms with van der Waals surface area (Å²) < 4.78 is 0. The zero-order chi connectivity index (χ0) is 16.1. The van der Waals surface area contributed by atoms with E-state index in [9.17, 15) is 9.59 Å². The lowest BCUT2D eigenvalue weighted by atomic mass is 10.1. The minimum absolute atomic E-state index is 0.0942. The Balaban J connectivity index is 1.60. The molecular formula is C18H25N3O2.